The van der Waals surface area contributed by atoms with E-state index in [2.05, 4.69) is 23.7 Å². The number of carbonyl (C=O) groups is 1. The first-order valence-corrected chi connectivity index (χ1v) is 13.6. The third-order valence-electron chi connectivity index (χ3n) is 7.98. The molecule has 0 atom stereocenters. The van der Waals surface area contributed by atoms with Gasteiger partial charge in [0.25, 0.3) is 5.91 Å². The number of rotatable bonds is 6. The molecule has 1 aromatic carbocycles. The summed E-state index contributed by atoms with van der Waals surface area (Å²) in [4.78, 5) is 22.9. The summed E-state index contributed by atoms with van der Waals surface area (Å²) >= 11 is 5.72. The SMILES string of the molecule is CC(C)N1CCC(Oc2ccc(N3C(=S)N(Cc4cnc(C#N)c(C(F)(F)F)c4)C(=O)C34CCC4)cc2)CC1. The molecule has 0 N–H and O–H groups in total. The number of nitrogens with zero attached hydrogens (tertiary/aromatic N) is 5. The number of likely N-dealkylation sites (tertiary alicyclic amines) is 1. The van der Waals surface area contributed by atoms with Crippen molar-refractivity contribution >= 4 is 28.9 Å². The van der Waals surface area contributed by atoms with Crippen molar-refractivity contribution in [2.45, 2.75) is 76.4 Å². The zero-order valence-corrected chi connectivity index (χ0v) is 22.7. The van der Waals surface area contributed by atoms with Crippen molar-refractivity contribution < 1.29 is 22.7 Å². The fraction of sp³-hybridized carbons (Fsp3) is 0.500. The summed E-state index contributed by atoms with van der Waals surface area (Å²) < 4.78 is 46.6. The van der Waals surface area contributed by atoms with Crippen molar-refractivity contribution in [2.75, 3.05) is 18.0 Å². The lowest BCUT2D eigenvalue weighted by molar-refractivity contribution is -0.138. The number of aromatic nitrogens is 1. The first-order chi connectivity index (χ1) is 18.5. The Labute approximate surface area is 231 Å². The maximum Gasteiger partial charge on any atom is 0.419 e. The lowest BCUT2D eigenvalue weighted by Gasteiger charge is -2.43. The second kappa shape index (κ2) is 10.4. The monoisotopic (exact) mass is 557 g/mol. The zero-order valence-electron chi connectivity index (χ0n) is 21.9. The van der Waals surface area contributed by atoms with Crippen LogP contribution in [0.4, 0.5) is 18.9 Å². The number of hydrogen-bond acceptors (Lipinski definition) is 6. The Kier molecular flexibility index (Phi) is 7.29. The van der Waals surface area contributed by atoms with Gasteiger partial charge in [0.15, 0.2) is 10.8 Å². The van der Waals surface area contributed by atoms with Gasteiger partial charge in [-0.15, -0.1) is 0 Å². The van der Waals surface area contributed by atoms with Gasteiger partial charge in [-0.1, -0.05) is 0 Å². The quantitative estimate of drug-likeness (QED) is 0.448. The summed E-state index contributed by atoms with van der Waals surface area (Å²) in [6.07, 6.45) is 0.592. The van der Waals surface area contributed by atoms with E-state index in [9.17, 15) is 18.0 Å². The van der Waals surface area contributed by atoms with Gasteiger partial charge in [0.05, 0.1) is 12.1 Å². The Morgan fingerprint density at radius 3 is 2.41 bits per heavy atom. The molecule has 11 heteroatoms. The predicted octanol–water partition coefficient (Wildman–Crippen LogP) is 5.28. The molecule has 2 aromatic rings. The highest BCUT2D eigenvalue weighted by molar-refractivity contribution is 7.80. The molecule has 1 aromatic heterocycles. The van der Waals surface area contributed by atoms with E-state index in [4.69, 9.17) is 22.2 Å². The van der Waals surface area contributed by atoms with Gasteiger partial charge in [0.1, 0.15) is 23.5 Å². The number of piperidine rings is 1. The molecule has 3 aliphatic rings. The second-order valence-corrected chi connectivity index (χ2v) is 11.0. The molecule has 0 unspecified atom stereocenters. The molecule has 2 aliphatic heterocycles. The number of pyridine rings is 1. The fourth-order valence-corrected chi connectivity index (χ4v) is 6.07. The van der Waals surface area contributed by atoms with E-state index in [1.807, 2.05) is 29.2 Å². The lowest BCUT2D eigenvalue weighted by Crippen LogP contribution is -2.55. The topological polar surface area (TPSA) is 72.7 Å². The van der Waals surface area contributed by atoms with E-state index >= 15 is 0 Å². The van der Waals surface area contributed by atoms with Crippen LogP contribution in [0.1, 0.15) is 62.8 Å². The highest BCUT2D eigenvalue weighted by atomic mass is 32.1. The number of benzene rings is 1. The third kappa shape index (κ3) is 5.08. The number of halogens is 3. The van der Waals surface area contributed by atoms with E-state index in [0.29, 0.717) is 18.9 Å². The van der Waals surface area contributed by atoms with Crippen LogP contribution < -0.4 is 9.64 Å². The number of carbonyl (C=O) groups excluding carboxylic acids is 1. The summed E-state index contributed by atoms with van der Waals surface area (Å²) in [6, 6.07) is 10.4. The van der Waals surface area contributed by atoms with Gasteiger partial charge >= 0.3 is 6.18 Å². The predicted molar refractivity (Wildman–Crippen MR) is 143 cm³/mol. The van der Waals surface area contributed by atoms with Crippen LogP contribution in [0.2, 0.25) is 0 Å². The van der Waals surface area contributed by atoms with Crippen molar-refractivity contribution in [1.29, 1.82) is 5.26 Å². The van der Waals surface area contributed by atoms with Crippen molar-refractivity contribution in [1.82, 2.24) is 14.8 Å². The molecule has 206 valence electrons. The van der Waals surface area contributed by atoms with Crippen LogP contribution in [0.5, 0.6) is 5.75 Å². The molecule has 7 nitrogen and oxygen atoms in total. The summed E-state index contributed by atoms with van der Waals surface area (Å²) in [5, 5.41) is 9.28. The van der Waals surface area contributed by atoms with Crippen LogP contribution in [0, 0.1) is 11.3 Å². The number of nitriles is 1. The van der Waals surface area contributed by atoms with E-state index in [1.54, 1.807) is 0 Å². The van der Waals surface area contributed by atoms with E-state index < -0.39 is 23.0 Å². The number of thiocarbonyl (C=S) groups is 1. The van der Waals surface area contributed by atoms with Gasteiger partial charge in [0.2, 0.25) is 0 Å². The van der Waals surface area contributed by atoms with E-state index in [1.165, 1.54) is 17.2 Å². The average Bonchev–Trinajstić information content (AvgIpc) is 3.11. The van der Waals surface area contributed by atoms with Crippen LogP contribution in [-0.4, -0.2) is 56.6 Å². The molecule has 0 radical (unpaired) electrons. The Bertz CT molecular complexity index is 1300. The number of alkyl halides is 3. The smallest absolute Gasteiger partial charge is 0.419 e. The van der Waals surface area contributed by atoms with Gasteiger partial charge in [-0.25, -0.2) is 4.98 Å². The van der Waals surface area contributed by atoms with Gasteiger partial charge in [-0.2, -0.15) is 18.4 Å². The second-order valence-electron chi connectivity index (χ2n) is 10.7. The molecule has 1 saturated carbocycles. The molecule has 1 aliphatic carbocycles. The molecule has 0 bridgehead atoms. The first kappa shape index (κ1) is 27.3. The number of anilines is 1. The van der Waals surface area contributed by atoms with Crippen LogP contribution >= 0.6 is 12.2 Å². The van der Waals surface area contributed by atoms with Gasteiger partial charge in [-0.3, -0.25) is 9.69 Å². The van der Waals surface area contributed by atoms with Crippen molar-refractivity contribution in [2.24, 2.45) is 0 Å². The molecule has 2 saturated heterocycles. The van der Waals surface area contributed by atoms with Crippen LogP contribution in [0.3, 0.4) is 0 Å². The summed E-state index contributed by atoms with van der Waals surface area (Å²) in [5.74, 6) is 0.523. The minimum atomic E-state index is -4.74. The van der Waals surface area contributed by atoms with Crippen LogP contribution in [0.25, 0.3) is 0 Å². The highest BCUT2D eigenvalue weighted by Gasteiger charge is 2.59. The Morgan fingerprint density at radius 2 is 1.87 bits per heavy atom. The minimum Gasteiger partial charge on any atom is -0.490 e. The maximum atomic E-state index is 13.6. The molecular weight excluding hydrogens is 527 g/mol. The third-order valence-corrected chi connectivity index (χ3v) is 8.38. The first-order valence-electron chi connectivity index (χ1n) is 13.2. The van der Waals surface area contributed by atoms with Crippen LogP contribution in [-0.2, 0) is 17.5 Å². The van der Waals surface area contributed by atoms with Gasteiger partial charge in [0, 0.05) is 31.0 Å². The lowest BCUT2D eigenvalue weighted by atomic mass is 9.75. The Hall–Kier alpha value is -3.23. The van der Waals surface area contributed by atoms with Crippen molar-refractivity contribution in [3.05, 3.63) is 53.3 Å². The summed E-state index contributed by atoms with van der Waals surface area (Å²) in [5.41, 5.74) is -1.77. The molecule has 39 heavy (non-hydrogen) atoms. The Balaban J connectivity index is 1.33. The van der Waals surface area contributed by atoms with Gasteiger partial charge < -0.3 is 14.5 Å². The molecule has 1 spiro atoms. The summed E-state index contributed by atoms with van der Waals surface area (Å²) in [6.45, 7) is 6.24. The fourth-order valence-electron chi connectivity index (χ4n) is 5.64. The standard InChI is InChI=1S/C28H30F3N5O2S/c1-18(2)34-12-8-22(9-13-34)38-21-6-4-20(5-7-21)36-26(39)35(25(37)27(36)10-3-11-27)17-19-14-23(28(29,30)31)24(15-32)33-16-19/h4-7,14,16,18,22H,3,8-13,17H2,1-2H3. The van der Waals surface area contributed by atoms with Gasteiger partial charge in [-0.05, 0) is 94.1 Å². The molecule has 3 heterocycles. The number of ether oxygens (including phenoxy) is 1. The largest absolute Gasteiger partial charge is 0.490 e. The highest BCUT2D eigenvalue weighted by Crippen LogP contribution is 2.47. The molecular formula is C28H30F3N5O2S. The Morgan fingerprint density at radius 1 is 1.21 bits per heavy atom. The van der Waals surface area contributed by atoms with Crippen LogP contribution in [0.15, 0.2) is 36.5 Å². The summed E-state index contributed by atoms with van der Waals surface area (Å²) in [7, 11) is 0. The molecule has 1 amide bonds. The van der Waals surface area contributed by atoms with E-state index in [-0.39, 0.29) is 29.2 Å². The van der Waals surface area contributed by atoms with E-state index in [0.717, 1.165) is 49.9 Å². The maximum absolute atomic E-state index is 13.6. The minimum absolute atomic E-state index is 0.149. The average molecular weight is 558 g/mol. The number of hydrogen-bond donors (Lipinski definition) is 0. The number of amides is 1. The zero-order chi connectivity index (χ0) is 27.9. The normalized spacial score (nSPS) is 20.0. The van der Waals surface area contributed by atoms with Crippen molar-refractivity contribution in [3.63, 3.8) is 0 Å². The van der Waals surface area contributed by atoms with Crippen molar-refractivity contribution in [3.8, 4) is 11.8 Å². The molecule has 3 fully saturated rings. The molecule has 5 rings (SSSR count).